The van der Waals surface area contributed by atoms with Crippen molar-refractivity contribution in [2.75, 3.05) is 30.9 Å². The smallest absolute Gasteiger partial charge is 0.264 e. The minimum atomic E-state index is -3.86. The summed E-state index contributed by atoms with van der Waals surface area (Å²) in [6.07, 6.45) is 2.35. The van der Waals surface area contributed by atoms with E-state index in [-0.39, 0.29) is 22.6 Å². The van der Waals surface area contributed by atoms with Crippen LogP contribution in [0.1, 0.15) is 30.6 Å². The molecular formula is C25H28N4O4S. The van der Waals surface area contributed by atoms with Gasteiger partial charge in [0, 0.05) is 54.9 Å². The van der Waals surface area contributed by atoms with Gasteiger partial charge in [-0.15, -0.1) is 0 Å². The van der Waals surface area contributed by atoms with Gasteiger partial charge >= 0.3 is 0 Å². The maximum Gasteiger partial charge on any atom is 0.264 e. The highest BCUT2D eigenvalue weighted by molar-refractivity contribution is 7.93. The summed E-state index contributed by atoms with van der Waals surface area (Å²) in [5, 5.41) is 0.734. The van der Waals surface area contributed by atoms with Gasteiger partial charge < -0.3 is 9.80 Å². The van der Waals surface area contributed by atoms with Gasteiger partial charge in [-0.05, 0) is 42.8 Å². The van der Waals surface area contributed by atoms with Crippen LogP contribution in [0.5, 0.6) is 0 Å². The second-order valence-electron chi connectivity index (χ2n) is 8.44. The van der Waals surface area contributed by atoms with Gasteiger partial charge in [0.1, 0.15) is 4.90 Å². The first kappa shape index (κ1) is 23.7. The summed E-state index contributed by atoms with van der Waals surface area (Å²) in [5.74, 6) is -0.0147. The molecule has 4 rings (SSSR count). The lowest BCUT2D eigenvalue weighted by Gasteiger charge is -2.36. The summed E-state index contributed by atoms with van der Waals surface area (Å²) in [6, 6.07) is 14.9. The lowest BCUT2D eigenvalue weighted by atomic mass is 10.1. The van der Waals surface area contributed by atoms with E-state index in [0.29, 0.717) is 42.9 Å². The number of carbonyl (C=O) groups is 2. The Morgan fingerprint density at radius 3 is 2.29 bits per heavy atom. The van der Waals surface area contributed by atoms with Gasteiger partial charge in [0.2, 0.25) is 5.91 Å². The molecule has 1 fully saturated rings. The average molecular weight is 481 g/mol. The summed E-state index contributed by atoms with van der Waals surface area (Å²) >= 11 is 0. The SMILES string of the molecule is CCC(C)C(=O)N1CCN(C(=O)c2ccc(NS(=O)(=O)c3cccc4cccnc34)cc2)CC1. The third kappa shape index (κ3) is 4.89. The molecule has 8 nitrogen and oxygen atoms in total. The fourth-order valence-corrected chi connectivity index (χ4v) is 5.22. The number of hydrogen-bond acceptors (Lipinski definition) is 5. The number of nitrogens with zero attached hydrogens (tertiary/aromatic N) is 3. The number of amides is 2. The number of hydrogen-bond donors (Lipinski definition) is 1. The highest BCUT2D eigenvalue weighted by atomic mass is 32.2. The van der Waals surface area contributed by atoms with E-state index >= 15 is 0 Å². The molecule has 9 heteroatoms. The summed E-state index contributed by atoms with van der Waals surface area (Å²) in [7, 11) is -3.86. The Balaban J connectivity index is 1.42. The summed E-state index contributed by atoms with van der Waals surface area (Å²) in [4.78, 5) is 33.1. The van der Waals surface area contributed by atoms with E-state index in [2.05, 4.69) is 9.71 Å². The monoisotopic (exact) mass is 480 g/mol. The number of rotatable bonds is 6. The zero-order chi connectivity index (χ0) is 24.3. The normalized spacial score (nSPS) is 15.2. The van der Waals surface area contributed by atoms with Crippen LogP contribution < -0.4 is 4.72 Å². The van der Waals surface area contributed by atoms with Crippen molar-refractivity contribution in [3.8, 4) is 0 Å². The van der Waals surface area contributed by atoms with Crippen molar-refractivity contribution in [1.82, 2.24) is 14.8 Å². The van der Waals surface area contributed by atoms with Gasteiger partial charge in [-0.1, -0.05) is 32.0 Å². The van der Waals surface area contributed by atoms with E-state index in [0.717, 1.165) is 11.8 Å². The molecule has 1 aliphatic heterocycles. The number of anilines is 1. The number of sulfonamides is 1. The van der Waals surface area contributed by atoms with E-state index in [1.54, 1.807) is 47.5 Å². The molecule has 178 valence electrons. The molecule has 1 N–H and O–H groups in total. The fourth-order valence-electron chi connectivity index (χ4n) is 3.98. The zero-order valence-corrected chi connectivity index (χ0v) is 20.1. The van der Waals surface area contributed by atoms with Crippen molar-refractivity contribution >= 4 is 38.4 Å². The van der Waals surface area contributed by atoms with Crippen molar-refractivity contribution < 1.29 is 18.0 Å². The van der Waals surface area contributed by atoms with Crippen LogP contribution in [-0.4, -0.2) is 61.2 Å². The molecule has 1 atom stereocenters. The van der Waals surface area contributed by atoms with Crippen LogP contribution in [0.3, 0.4) is 0 Å². The number of nitrogens with one attached hydrogen (secondary N) is 1. The zero-order valence-electron chi connectivity index (χ0n) is 19.3. The Kier molecular flexibility index (Phi) is 6.83. The summed E-state index contributed by atoms with van der Waals surface area (Å²) in [6.45, 7) is 5.90. The second-order valence-corrected chi connectivity index (χ2v) is 10.1. The number of aromatic nitrogens is 1. The first-order valence-corrected chi connectivity index (χ1v) is 12.8. The molecule has 1 aromatic heterocycles. The third-order valence-electron chi connectivity index (χ3n) is 6.18. The molecule has 34 heavy (non-hydrogen) atoms. The Hall–Kier alpha value is -3.46. The first-order valence-electron chi connectivity index (χ1n) is 11.3. The molecule has 2 amide bonds. The van der Waals surface area contributed by atoms with Crippen LogP contribution in [0.2, 0.25) is 0 Å². The molecule has 1 saturated heterocycles. The largest absolute Gasteiger partial charge is 0.339 e. The highest BCUT2D eigenvalue weighted by Gasteiger charge is 2.27. The van der Waals surface area contributed by atoms with E-state index in [1.807, 2.05) is 30.9 Å². The fraction of sp³-hybridized carbons (Fsp3) is 0.320. The second kappa shape index (κ2) is 9.80. The minimum Gasteiger partial charge on any atom is -0.339 e. The minimum absolute atomic E-state index is 0.0109. The van der Waals surface area contributed by atoms with Crippen molar-refractivity contribution in [3.05, 3.63) is 66.4 Å². The maximum atomic E-state index is 13.0. The highest BCUT2D eigenvalue weighted by Crippen LogP contribution is 2.23. The van der Waals surface area contributed by atoms with E-state index in [9.17, 15) is 18.0 Å². The topological polar surface area (TPSA) is 99.7 Å². The number of para-hydroxylation sites is 1. The number of pyridine rings is 1. The molecule has 1 unspecified atom stereocenters. The third-order valence-corrected chi connectivity index (χ3v) is 7.59. The summed E-state index contributed by atoms with van der Waals surface area (Å²) < 4.78 is 28.5. The van der Waals surface area contributed by atoms with Gasteiger partial charge in [0.25, 0.3) is 15.9 Å². The van der Waals surface area contributed by atoms with Crippen molar-refractivity contribution in [3.63, 3.8) is 0 Å². The van der Waals surface area contributed by atoms with Crippen LogP contribution in [-0.2, 0) is 14.8 Å². The van der Waals surface area contributed by atoms with E-state index < -0.39 is 10.0 Å². The summed E-state index contributed by atoms with van der Waals surface area (Å²) in [5.41, 5.74) is 1.22. The van der Waals surface area contributed by atoms with Gasteiger partial charge in [0.15, 0.2) is 0 Å². The Bertz CT molecular complexity index is 1290. The van der Waals surface area contributed by atoms with E-state index in [4.69, 9.17) is 0 Å². The lowest BCUT2D eigenvalue weighted by Crippen LogP contribution is -2.51. The quantitative estimate of drug-likeness (QED) is 0.583. The number of benzene rings is 2. The molecule has 2 aromatic carbocycles. The molecule has 0 spiro atoms. The standard InChI is InChI=1S/C25H28N4O4S/c1-3-18(2)24(30)28-14-16-29(17-15-28)25(31)20-9-11-21(12-10-20)27-34(32,33)22-8-4-6-19-7-5-13-26-23(19)22/h4-13,18,27H,3,14-17H2,1-2H3. The van der Waals surface area contributed by atoms with E-state index in [1.165, 1.54) is 6.07 Å². The van der Waals surface area contributed by atoms with Gasteiger partial charge in [-0.2, -0.15) is 0 Å². The van der Waals surface area contributed by atoms with Crippen LogP contribution >= 0.6 is 0 Å². The number of fused-ring (bicyclic) bond motifs is 1. The number of carbonyl (C=O) groups excluding carboxylic acids is 2. The van der Waals surface area contributed by atoms with Crippen molar-refractivity contribution in [1.29, 1.82) is 0 Å². The Morgan fingerprint density at radius 1 is 0.971 bits per heavy atom. The van der Waals surface area contributed by atoms with Gasteiger partial charge in [-0.25, -0.2) is 8.42 Å². The average Bonchev–Trinajstić information content (AvgIpc) is 2.87. The van der Waals surface area contributed by atoms with Crippen LogP contribution in [0.15, 0.2) is 65.7 Å². The molecule has 0 bridgehead atoms. The predicted molar refractivity (Wildman–Crippen MR) is 131 cm³/mol. The Labute approximate surface area is 199 Å². The molecule has 3 aromatic rings. The maximum absolute atomic E-state index is 13.0. The molecule has 1 aliphatic rings. The molecule has 0 saturated carbocycles. The molecule has 2 heterocycles. The lowest BCUT2D eigenvalue weighted by molar-refractivity contribution is -0.136. The molecule has 0 radical (unpaired) electrons. The first-order chi connectivity index (χ1) is 16.3. The van der Waals surface area contributed by atoms with Crippen molar-refractivity contribution in [2.45, 2.75) is 25.2 Å². The number of piperazine rings is 1. The van der Waals surface area contributed by atoms with Crippen LogP contribution in [0, 0.1) is 5.92 Å². The molecular weight excluding hydrogens is 452 g/mol. The van der Waals surface area contributed by atoms with Crippen LogP contribution in [0.25, 0.3) is 10.9 Å². The predicted octanol–water partition coefficient (Wildman–Crippen LogP) is 3.37. The van der Waals surface area contributed by atoms with Gasteiger partial charge in [0.05, 0.1) is 5.52 Å². The van der Waals surface area contributed by atoms with Gasteiger partial charge in [-0.3, -0.25) is 19.3 Å². The van der Waals surface area contributed by atoms with Crippen LogP contribution in [0.4, 0.5) is 5.69 Å². The molecule has 0 aliphatic carbocycles. The van der Waals surface area contributed by atoms with Crippen molar-refractivity contribution in [2.24, 2.45) is 5.92 Å². The Morgan fingerprint density at radius 2 is 1.62 bits per heavy atom.